The number of fused-ring (bicyclic) bond motifs is 1. The van der Waals surface area contributed by atoms with E-state index < -0.39 is 0 Å². The average molecular weight is 317 g/mol. The second-order valence-electron chi connectivity index (χ2n) is 6.29. The lowest BCUT2D eigenvalue weighted by Gasteiger charge is -2.34. The number of thioether (sulfide) groups is 1. The maximum absolute atomic E-state index is 12.2. The molecule has 0 spiro atoms. The number of H-pyrrole nitrogens is 1. The van der Waals surface area contributed by atoms with Crippen LogP contribution in [0.2, 0.25) is 0 Å². The molecule has 1 aliphatic rings. The lowest BCUT2D eigenvalue weighted by atomic mass is 9.78. The van der Waals surface area contributed by atoms with E-state index in [4.69, 9.17) is 0 Å². The zero-order valence-electron chi connectivity index (χ0n) is 13.1. The molecule has 1 aromatic carbocycles. The summed E-state index contributed by atoms with van der Waals surface area (Å²) in [5.74, 6) is 1.78. The lowest BCUT2D eigenvalue weighted by molar-refractivity contribution is -0.120. The van der Waals surface area contributed by atoms with Crippen LogP contribution in [0.15, 0.2) is 29.4 Å². The molecule has 2 aromatic rings. The number of amides is 1. The molecule has 3 atom stereocenters. The van der Waals surface area contributed by atoms with Gasteiger partial charge in [-0.05, 0) is 30.4 Å². The molecule has 1 aliphatic carbocycles. The van der Waals surface area contributed by atoms with Crippen LogP contribution in [-0.4, -0.2) is 27.7 Å². The summed E-state index contributed by atoms with van der Waals surface area (Å²) in [6.45, 7) is 4.54. The van der Waals surface area contributed by atoms with Crippen LogP contribution in [0.25, 0.3) is 11.0 Å². The van der Waals surface area contributed by atoms with Gasteiger partial charge in [0.2, 0.25) is 5.91 Å². The van der Waals surface area contributed by atoms with Crippen molar-refractivity contribution in [1.82, 2.24) is 15.3 Å². The van der Waals surface area contributed by atoms with Gasteiger partial charge in [0.05, 0.1) is 16.8 Å². The molecule has 0 aliphatic heterocycles. The monoisotopic (exact) mass is 317 g/mol. The number of carbonyl (C=O) groups is 1. The molecule has 1 fully saturated rings. The first kappa shape index (κ1) is 15.4. The van der Waals surface area contributed by atoms with E-state index in [1.807, 2.05) is 24.3 Å². The number of benzene rings is 1. The summed E-state index contributed by atoms with van der Waals surface area (Å²) in [4.78, 5) is 19.9. The quantitative estimate of drug-likeness (QED) is 0.847. The molecule has 22 heavy (non-hydrogen) atoms. The van der Waals surface area contributed by atoms with Gasteiger partial charge in [0, 0.05) is 6.04 Å². The van der Waals surface area contributed by atoms with Crippen molar-refractivity contribution in [3.8, 4) is 0 Å². The van der Waals surface area contributed by atoms with Gasteiger partial charge in [-0.2, -0.15) is 0 Å². The molecule has 0 saturated heterocycles. The Bertz CT molecular complexity index is 621. The van der Waals surface area contributed by atoms with Gasteiger partial charge < -0.3 is 10.3 Å². The highest BCUT2D eigenvalue weighted by molar-refractivity contribution is 7.99. The highest BCUT2D eigenvalue weighted by Crippen LogP contribution is 2.29. The Morgan fingerprint density at radius 1 is 1.36 bits per heavy atom. The standard InChI is InChI=1S/C17H23N3OS/c1-11-6-5-9-13(12(11)2)18-16(21)10-22-17-19-14-7-3-4-8-15(14)20-17/h3-4,7-8,11-13H,5-6,9-10H2,1-2H3,(H,18,21)(H,19,20)/t11-,12-,13-/m1/s1. The van der Waals surface area contributed by atoms with E-state index in [0.717, 1.165) is 22.6 Å². The van der Waals surface area contributed by atoms with E-state index in [2.05, 4.69) is 29.1 Å². The molecule has 0 bridgehead atoms. The summed E-state index contributed by atoms with van der Waals surface area (Å²) in [6, 6.07) is 8.24. The zero-order chi connectivity index (χ0) is 15.5. The highest BCUT2D eigenvalue weighted by Gasteiger charge is 2.28. The van der Waals surface area contributed by atoms with Crippen LogP contribution >= 0.6 is 11.8 Å². The number of rotatable bonds is 4. The highest BCUT2D eigenvalue weighted by atomic mass is 32.2. The maximum atomic E-state index is 12.2. The molecule has 5 heteroatoms. The first-order chi connectivity index (χ1) is 10.6. The van der Waals surface area contributed by atoms with E-state index in [1.54, 1.807) is 0 Å². The van der Waals surface area contributed by atoms with Crippen molar-refractivity contribution in [3.63, 3.8) is 0 Å². The summed E-state index contributed by atoms with van der Waals surface area (Å²) in [6.07, 6.45) is 3.60. The molecular weight excluding hydrogens is 294 g/mol. The van der Waals surface area contributed by atoms with E-state index in [-0.39, 0.29) is 5.91 Å². The van der Waals surface area contributed by atoms with Crippen LogP contribution in [0.4, 0.5) is 0 Å². The van der Waals surface area contributed by atoms with Crippen molar-refractivity contribution in [2.24, 2.45) is 11.8 Å². The molecule has 0 radical (unpaired) electrons. The Labute approximate surface area is 135 Å². The summed E-state index contributed by atoms with van der Waals surface area (Å²) in [5.41, 5.74) is 1.96. The Morgan fingerprint density at radius 2 is 2.18 bits per heavy atom. The fourth-order valence-electron chi connectivity index (χ4n) is 3.17. The number of imidazole rings is 1. The van der Waals surface area contributed by atoms with Crippen molar-refractivity contribution in [2.45, 2.75) is 44.3 Å². The minimum absolute atomic E-state index is 0.108. The average Bonchev–Trinajstić information content (AvgIpc) is 2.93. The molecular formula is C17H23N3OS. The first-order valence-corrected chi connectivity index (χ1v) is 8.99. The van der Waals surface area contributed by atoms with Gasteiger partial charge in [0.1, 0.15) is 0 Å². The molecule has 1 heterocycles. The van der Waals surface area contributed by atoms with Gasteiger partial charge in [-0.15, -0.1) is 0 Å². The fraction of sp³-hybridized carbons (Fsp3) is 0.529. The maximum Gasteiger partial charge on any atom is 0.230 e. The van der Waals surface area contributed by atoms with Crippen LogP contribution in [0, 0.1) is 11.8 Å². The Hall–Kier alpha value is -1.49. The number of para-hydroxylation sites is 2. The molecule has 3 rings (SSSR count). The van der Waals surface area contributed by atoms with Crippen LogP contribution in [0.3, 0.4) is 0 Å². The predicted molar refractivity (Wildman–Crippen MR) is 90.9 cm³/mol. The Balaban J connectivity index is 1.53. The van der Waals surface area contributed by atoms with E-state index in [0.29, 0.717) is 23.6 Å². The number of carbonyl (C=O) groups excluding carboxylic acids is 1. The largest absolute Gasteiger partial charge is 0.352 e. The van der Waals surface area contributed by atoms with Crippen molar-refractivity contribution in [2.75, 3.05) is 5.75 Å². The Kier molecular flexibility index (Phi) is 4.71. The van der Waals surface area contributed by atoms with E-state index in [1.165, 1.54) is 24.6 Å². The second kappa shape index (κ2) is 6.73. The summed E-state index contributed by atoms with van der Waals surface area (Å²) in [5, 5.41) is 4.01. The van der Waals surface area contributed by atoms with Crippen molar-refractivity contribution in [3.05, 3.63) is 24.3 Å². The van der Waals surface area contributed by atoms with Gasteiger partial charge in [-0.1, -0.05) is 50.6 Å². The number of hydrogen-bond acceptors (Lipinski definition) is 3. The number of nitrogens with zero attached hydrogens (tertiary/aromatic N) is 1. The molecule has 1 saturated carbocycles. The van der Waals surface area contributed by atoms with Crippen LogP contribution in [0.1, 0.15) is 33.1 Å². The zero-order valence-corrected chi connectivity index (χ0v) is 14.0. The van der Waals surface area contributed by atoms with Crippen molar-refractivity contribution < 1.29 is 4.79 Å². The normalized spacial score (nSPS) is 25.3. The first-order valence-electron chi connectivity index (χ1n) is 8.00. The minimum Gasteiger partial charge on any atom is -0.352 e. The summed E-state index contributed by atoms with van der Waals surface area (Å²) in [7, 11) is 0. The van der Waals surface area contributed by atoms with Gasteiger partial charge in [0.25, 0.3) is 0 Å². The topological polar surface area (TPSA) is 57.8 Å². The SMILES string of the molecule is C[C@@H]1[C@H](C)CCC[C@H]1NC(=O)CSc1nc2ccccc2[nH]1. The molecule has 1 aromatic heterocycles. The molecule has 0 unspecified atom stereocenters. The Morgan fingerprint density at radius 3 is 3.00 bits per heavy atom. The number of aromatic nitrogens is 2. The molecule has 4 nitrogen and oxygen atoms in total. The lowest BCUT2D eigenvalue weighted by Crippen LogP contribution is -2.44. The smallest absolute Gasteiger partial charge is 0.230 e. The summed E-state index contributed by atoms with van der Waals surface area (Å²) >= 11 is 1.47. The van der Waals surface area contributed by atoms with Gasteiger partial charge in [-0.25, -0.2) is 4.98 Å². The number of nitrogens with one attached hydrogen (secondary N) is 2. The van der Waals surface area contributed by atoms with E-state index in [9.17, 15) is 4.79 Å². The summed E-state index contributed by atoms with van der Waals surface area (Å²) < 4.78 is 0. The van der Waals surface area contributed by atoms with Crippen molar-refractivity contribution in [1.29, 1.82) is 0 Å². The third-order valence-corrected chi connectivity index (χ3v) is 5.63. The van der Waals surface area contributed by atoms with Crippen LogP contribution in [0.5, 0.6) is 0 Å². The van der Waals surface area contributed by atoms with Gasteiger partial charge in [-0.3, -0.25) is 4.79 Å². The van der Waals surface area contributed by atoms with Crippen molar-refractivity contribution >= 4 is 28.7 Å². The molecule has 118 valence electrons. The van der Waals surface area contributed by atoms with E-state index >= 15 is 0 Å². The number of hydrogen-bond donors (Lipinski definition) is 2. The third-order valence-electron chi connectivity index (χ3n) is 4.76. The fourth-order valence-corrected chi connectivity index (χ4v) is 3.86. The third kappa shape index (κ3) is 3.46. The minimum atomic E-state index is 0.108. The molecule has 1 amide bonds. The van der Waals surface area contributed by atoms with Crippen LogP contribution in [-0.2, 0) is 4.79 Å². The van der Waals surface area contributed by atoms with Gasteiger partial charge in [0.15, 0.2) is 5.16 Å². The second-order valence-corrected chi connectivity index (χ2v) is 7.25. The van der Waals surface area contributed by atoms with Gasteiger partial charge >= 0.3 is 0 Å². The molecule has 2 N–H and O–H groups in total. The number of aromatic amines is 1. The predicted octanol–water partition coefficient (Wildman–Crippen LogP) is 3.60. The van der Waals surface area contributed by atoms with Crippen LogP contribution < -0.4 is 5.32 Å².